The number of aryl methyl sites for hydroxylation is 1. The van der Waals surface area contributed by atoms with E-state index < -0.39 is 35.5 Å². The van der Waals surface area contributed by atoms with E-state index in [4.69, 9.17) is 4.74 Å². The van der Waals surface area contributed by atoms with Crippen molar-refractivity contribution in [1.82, 2.24) is 15.2 Å². The SMILES string of the molecule is Cn1c(C(=O)N[C@@H](Cc2ccccc2)C(=O)N[C@H](C=O)CC(=O)OC(C)(C)C)cc2ccccc21. The number of carbonyl (C=O) groups is 4. The number of nitrogens with one attached hydrogen (secondary N) is 2. The highest BCUT2D eigenvalue weighted by Gasteiger charge is 2.27. The molecular weight excluding hydrogens is 446 g/mol. The zero-order chi connectivity index (χ0) is 25.6. The molecule has 0 aliphatic rings. The molecule has 8 heteroatoms. The fourth-order valence-electron chi connectivity index (χ4n) is 3.78. The summed E-state index contributed by atoms with van der Waals surface area (Å²) in [5, 5.41) is 6.28. The van der Waals surface area contributed by atoms with Gasteiger partial charge in [-0.25, -0.2) is 0 Å². The van der Waals surface area contributed by atoms with Gasteiger partial charge in [-0.2, -0.15) is 0 Å². The van der Waals surface area contributed by atoms with Gasteiger partial charge in [0, 0.05) is 24.4 Å². The molecule has 8 nitrogen and oxygen atoms in total. The number of fused-ring (bicyclic) bond motifs is 1. The normalized spacial score (nSPS) is 13.0. The van der Waals surface area contributed by atoms with Crippen molar-refractivity contribution in [3.8, 4) is 0 Å². The monoisotopic (exact) mass is 477 g/mol. The molecule has 0 unspecified atom stereocenters. The molecule has 1 aromatic heterocycles. The van der Waals surface area contributed by atoms with Gasteiger partial charge in [0.2, 0.25) is 5.91 Å². The van der Waals surface area contributed by atoms with Crippen LogP contribution in [0, 0.1) is 0 Å². The number of hydrogen-bond acceptors (Lipinski definition) is 5. The number of hydrogen-bond donors (Lipinski definition) is 2. The highest BCUT2D eigenvalue weighted by molar-refractivity contribution is 6.01. The standard InChI is InChI=1S/C27H31N3O5/c1-27(2,3)35-24(32)16-20(17-31)28-25(33)21(14-18-10-6-5-7-11-18)29-26(34)23-15-19-12-8-9-13-22(19)30(23)4/h5-13,15,17,20-21H,14,16H2,1-4H3,(H,28,33)(H,29,34)/t20-,21-/m0/s1. The van der Waals surface area contributed by atoms with Crippen molar-refractivity contribution in [1.29, 1.82) is 0 Å². The van der Waals surface area contributed by atoms with Crippen LogP contribution in [0.1, 0.15) is 43.2 Å². The van der Waals surface area contributed by atoms with Crippen LogP contribution in [0.15, 0.2) is 60.7 Å². The van der Waals surface area contributed by atoms with Crippen molar-refractivity contribution in [3.63, 3.8) is 0 Å². The Balaban J connectivity index is 1.78. The number of para-hydroxylation sites is 1. The van der Waals surface area contributed by atoms with Crippen molar-refractivity contribution in [3.05, 3.63) is 71.9 Å². The van der Waals surface area contributed by atoms with Crippen LogP contribution in [0.3, 0.4) is 0 Å². The Hall–Kier alpha value is -3.94. The zero-order valence-corrected chi connectivity index (χ0v) is 20.4. The Labute approximate surface area is 204 Å². The van der Waals surface area contributed by atoms with Crippen molar-refractivity contribution >= 4 is 35.0 Å². The van der Waals surface area contributed by atoms with E-state index in [1.54, 1.807) is 38.5 Å². The van der Waals surface area contributed by atoms with Crippen molar-refractivity contribution in [2.24, 2.45) is 7.05 Å². The van der Waals surface area contributed by atoms with Gasteiger partial charge in [-0.3, -0.25) is 14.4 Å². The van der Waals surface area contributed by atoms with E-state index in [1.165, 1.54) is 0 Å². The first-order valence-corrected chi connectivity index (χ1v) is 11.4. The van der Waals surface area contributed by atoms with Gasteiger partial charge >= 0.3 is 5.97 Å². The molecule has 0 fully saturated rings. The van der Waals surface area contributed by atoms with E-state index in [0.29, 0.717) is 12.0 Å². The second kappa shape index (κ2) is 11.0. The van der Waals surface area contributed by atoms with Crippen LogP contribution in [-0.4, -0.2) is 46.3 Å². The number of aldehydes is 1. The molecule has 2 aromatic carbocycles. The van der Waals surface area contributed by atoms with E-state index >= 15 is 0 Å². The predicted octanol–water partition coefficient (Wildman–Crippen LogP) is 2.93. The van der Waals surface area contributed by atoms with Gasteiger partial charge in [-0.05, 0) is 38.5 Å². The van der Waals surface area contributed by atoms with E-state index in [2.05, 4.69) is 10.6 Å². The summed E-state index contributed by atoms with van der Waals surface area (Å²) < 4.78 is 7.01. The lowest BCUT2D eigenvalue weighted by molar-refractivity contribution is -0.155. The summed E-state index contributed by atoms with van der Waals surface area (Å²) in [5.74, 6) is -1.59. The molecule has 2 N–H and O–H groups in total. The number of ether oxygens (including phenoxy) is 1. The Morgan fingerprint density at radius 3 is 2.29 bits per heavy atom. The van der Waals surface area contributed by atoms with Gasteiger partial charge in [-0.1, -0.05) is 48.5 Å². The Morgan fingerprint density at radius 1 is 1.00 bits per heavy atom. The number of carbonyl (C=O) groups excluding carboxylic acids is 4. The molecule has 0 bridgehead atoms. The molecular formula is C27H31N3O5. The molecule has 184 valence electrons. The molecule has 0 spiro atoms. The Kier molecular flexibility index (Phi) is 8.06. The molecule has 0 aliphatic carbocycles. The minimum Gasteiger partial charge on any atom is -0.460 e. The number of aromatic nitrogens is 1. The second-order valence-electron chi connectivity index (χ2n) is 9.40. The van der Waals surface area contributed by atoms with Gasteiger partial charge in [0.1, 0.15) is 23.6 Å². The Bertz CT molecular complexity index is 1210. The topological polar surface area (TPSA) is 107 Å². The number of benzene rings is 2. The number of esters is 1. The van der Waals surface area contributed by atoms with Crippen molar-refractivity contribution < 1.29 is 23.9 Å². The highest BCUT2D eigenvalue weighted by Crippen LogP contribution is 2.18. The highest BCUT2D eigenvalue weighted by atomic mass is 16.6. The summed E-state index contributed by atoms with van der Waals surface area (Å²) in [4.78, 5) is 50.1. The van der Waals surface area contributed by atoms with Crippen molar-refractivity contribution in [2.45, 2.75) is 51.3 Å². The second-order valence-corrected chi connectivity index (χ2v) is 9.40. The first-order valence-electron chi connectivity index (χ1n) is 11.4. The lowest BCUT2D eigenvalue weighted by Crippen LogP contribution is -2.51. The van der Waals surface area contributed by atoms with Gasteiger partial charge in [0.05, 0.1) is 12.5 Å². The number of rotatable bonds is 9. The van der Waals surface area contributed by atoms with E-state index in [0.717, 1.165) is 16.5 Å². The third-order valence-electron chi connectivity index (χ3n) is 5.39. The van der Waals surface area contributed by atoms with Crippen molar-refractivity contribution in [2.75, 3.05) is 0 Å². The molecule has 35 heavy (non-hydrogen) atoms. The minimum atomic E-state index is -1.08. The Morgan fingerprint density at radius 2 is 1.66 bits per heavy atom. The van der Waals surface area contributed by atoms with E-state index in [9.17, 15) is 19.2 Å². The average molecular weight is 478 g/mol. The maximum Gasteiger partial charge on any atom is 0.308 e. The van der Waals surface area contributed by atoms with Crippen LogP contribution in [0.25, 0.3) is 10.9 Å². The largest absolute Gasteiger partial charge is 0.460 e. The molecule has 1 heterocycles. The molecule has 0 radical (unpaired) electrons. The van der Waals surface area contributed by atoms with Crippen LogP contribution < -0.4 is 10.6 Å². The average Bonchev–Trinajstić information content (AvgIpc) is 3.14. The lowest BCUT2D eigenvalue weighted by atomic mass is 10.0. The summed E-state index contributed by atoms with van der Waals surface area (Å²) in [6.45, 7) is 5.16. The first-order chi connectivity index (χ1) is 16.6. The third-order valence-corrected chi connectivity index (χ3v) is 5.39. The van der Waals surface area contributed by atoms with Gasteiger partial charge < -0.3 is 24.7 Å². The maximum atomic E-state index is 13.2. The minimum absolute atomic E-state index is 0.209. The van der Waals surface area contributed by atoms with Gasteiger partial charge in [0.25, 0.3) is 5.91 Å². The molecule has 0 saturated heterocycles. The fourth-order valence-corrected chi connectivity index (χ4v) is 3.78. The zero-order valence-electron chi connectivity index (χ0n) is 20.4. The smallest absolute Gasteiger partial charge is 0.308 e. The number of amides is 2. The van der Waals surface area contributed by atoms with E-state index in [1.807, 2.05) is 54.6 Å². The van der Waals surface area contributed by atoms with E-state index in [-0.39, 0.29) is 12.8 Å². The summed E-state index contributed by atoms with van der Waals surface area (Å²) in [5.41, 5.74) is 1.41. The summed E-state index contributed by atoms with van der Waals surface area (Å²) in [6, 6.07) is 16.5. The quantitative estimate of drug-likeness (QED) is 0.364. The van der Waals surface area contributed by atoms with Crippen LogP contribution in [0.2, 0.25) is 0 Å². The van der Waals surface area contributed by atoms with Crippen LogP contribution in [-0.2, 0) is 32.6 Å². The van der Waals surface area contributed by atoms with Gasteiger partial charge in [-0.15, -0.1) is 0 Å². The number of nitrogens with zero attached hydrogens (tertiary/aromatic N) is 1. The van der Waals surface area contributed by atoms with Crippen LogP contribution in [0.4, 0.5) is 0 Å². The summed E-state index contributed by atoms with van der Waals surface area (Å²) in [6.07, 6.45) is 0.398. The first kappa shape index (κ1) is 25.7. The van der Waals surface area contributed by atoms with Gasteiger partial charge in [0.15, 0.2) is 0 Å². The summed E-state index contributed by atoms with van der Waals surface area (Å²) in [7, 11) is 1.78. The molecule has 2 amide bonds. The summed E-state index contributed by atoms with van der Waals surface area (Å²) >= 11 is 0. The predicted molar refractivity (Wildman–Crippen MR) is 133 cm³/mol. The maximum absolute atomic E-state index is 13.2. The molecule has 3 aromatic rings. The molecule has 0 saturated carbocycles. The fraction of sp³-hybridized carbons (Fsp3) is 0.333. The molecule has 3 rings (SSSR count). The molecule has 0 aliphatic heterocycles. The molecule has 2 atom stereocenters. The lowest BCUT2D eigenvalue weighted by Gasteiger charge is -2.23. The van der Waals surface area contributed by atoms with Crippen LogP contribution >= 0.6 is 0 Å². The third kappa shape index (κ3) is 7.02. The van der Waals surface area contributed by atoms with Crippen LogP contribution in [0.5, 0.6) is 0 Å².